The molecule has 2 nitrogen and oxygen atoms in total. The van der Waals surface area contributed by atoms with Gasteiger partial charge in [-0.05, 0) is 54.2 Å². The van der Waals surface area contributed by atoms with Crippen LogP contribution in [0.5, 0.6) is 0 Å². The van der Waals surface area contributed by atoms with Crippen LogP contribution >= 0.6 is 11.3 Å². The van der Waals surface area contributed by atoms with Crippen LogP contribution in [0.3, 0.4) is 0 Å². The van der Waals surface area contributed by atoms with Gasteiger partial charge in [-0.2, -0.15) is 11.3 Å². The molecule has 1 unspecified atom stereocenters. The Morgan fingerprint density at radius 3 is 2.73 bits per heavy atom. The van der Waals surface area contributed by atoms with Crippen LogP contribution in [0.15, 0.2) is 16.8 Å². The number of nitrogens with one attached hydrogen (secondary N) is 1. The van der Waals surface area contributed by atoms with Crippen LogP contribution in [-0.4, -0.2) is 31.1 Å². The number of thiophene rings is 1. The van der Waals surface area contributed by atoms with E-state index in [0.717, 1.165) is 11.8 Å². The summed E-state index contributed by atoms with van der Waals surface area (Å²) in [5.41, 5.74) is 1.49. The molecule has 1 aromatic rings. The lowest BCUT2D eigenvalue weighted by molar-refractivity contribution is 0.244. The summed E-state index contributed by atoms with van der Waals surface area (Å²) < 4.78 is 0. The summed E-state index contributed by atoms with van der Waals surface area (Å²) in [7, 11) is 0. The van der Waals surface area contributed by atoms with E-state index in [4.69, 9.17) is 0 Å². The van der Waals surface area contributed by atoms with Gasteiger partial charge in [0.1, 0.15) is 0 Å². The quantitative estimate of drug-likeness (QED) is 0.823. The minimum absolute atomic E-state index is 0.613. The molecule has 2 aliphatic rings. The molecule has 2 saturated heterocycles. The number of rotatable bonds is 2. The summed E-state index contributed by atoms with van der Waals surface area (Å²) in [6.45, 7) is 7.38. The van der Waals surface area contributed by atoms with Crippen molar-refractivity contribution in [3.63, 3.8) is 0 Å². The number of hydrogen-bond donors (Lipinski definition) is 1. The van der Waals surface area contributed by atoms with Gasteiger partial charge in [0.05, 0.1) is 0 Å². The number of fused-ring (bicyclic) bond motifs is 1. The van der Waals surface area contributed by atoms with Gasteiger partial charge in [0.25, 0.3) is 0 Å². The van der Waals surface area contributed by atoms with Gasteiger partial charge in [0.2, 0.25) is 0 Å². The van der Waals surface area contributed by atoms with E-state index in [1.807, 2.05) is 11.3 Å². The molecule has 3 rings (SSSR count). The van der Waals surface area contributed by atoms with Crippen LogP contribution in [0, 0.1) is 11.8 Å². The minimum Gasteiger partial charge on any atom is -0.316 e. The van der Waals surface area contributed by atoms with Crippen molar-refractivity contribution in [2.45, 2.75) is 13.0 Å². The van der Waals surface area contributed by atoms with Crippen LogP contribution in [0.25, 0.3) is 0 Å². The first kappa shape index (κ1) is 9.82. The third-order valence-electron chi connectivity index (χ3n) is 3.99. The molecule has 0 amide bonds. The fourth-order valence-electron chi connectivity index (χ4n) is 2.93. The van der Waals surface area contributed by atoms with Crippen molar-refractivity contribution < 1.29 is 0 Å². The van der Waals surface area contributed by atoms with Crippen molar-refractivity contribution in [2.24, 2.45) is 11.8 Å². The van der Waals surface area contributed by atoms with Gasteiger partial charge in [0, 0.05) is 19.1 Å². The number of likely N-dealkylation sites (tertiary alicyclic amines) is 1. The van der Waals surface area contributed by atoms with E-state index in [1.54, 1.807) is 0 Å². The summed E-state index contributed by atoms with van der Waals surface area (Å²) in [5.74, 6) is 1.82. The minimum atomic E-state index is 0.613. The van der Waals surface area contributed by atoms with E-state index in [9.17, 15) is 0 Å². The predicted molar refractivity (Wildman–Crippen MR) is 64.2 cm³/mol. The Bertz CT molecular complexity index is 310. The second-order valence-corrected chi connectivity index (χ2v) is 5.65. The van der Waals surface area contributed by atoms with E-state index in [2.05, 4.69) is 34.0 Å². The Morgan fingerprint density at radius 1 is 1.40 bits per heavy atom. The molecule has 0 bridgehead atoms. The third-order valence-corrected chi connectivity index (χ3v) is 4.69. The molecule has 2 fully saturated rings. The number of nitrogens with zero attached hydrogens (tertiary/aromatic N) is 1. The summed E-state index contributed by atoms with van der Waals surface area (Å²) in [4.78, 5) is 2.65. The first-order valence-electron chi connectivity index (χ1n) is 5.81. The van der Waals surface area contributed by atoms with Gasteiger partial charge < -0.3 is 5.32 Å². The van der Waals surface area contributed by atoms with Gasteiger partial charge in [-0.25, -0.2) is 0 Å². The molecule has 0 radical (unpaired) electrons. The highest BCUT2D eigenvalue weighted by atomic mass is 32.1. The molecule has 1 N–H and O–H groups in total. The average molecular weight is 222 g/mol. The fraction of sp³-hybridized carbons (Fsp3) is 0.667. The summed E-state index contributed by atoms with van der Waals surface area (Å²) >= 11 is 1.81. The Labute approximate surface area is 95.3 Å². The van der Waals surface area contributed by atoms with Crippen molar-refractivity contribution in [2.75, 3.05) is 26.2 Å². The molecular weight excluding hydrogens is 204 g/mol. The van der Waals surface area contributed by atoms with E-state index in [1.165, 1.54) is 31.7 Å². The third kappa shape index (κ3) is 1.73. The van der Waals surface area contributed by atoms with Crippen LogP contribution in [0.4, 0.5) is 0 Å². The van der Waals surface area contributed by atoms with Crippen molar-refractivity contribution in [3.8, 4) is 0 Å². The maximum atomic E-state index is 3.49. The zero-order chi connectivity index (χ0) is 10.3. The first-order chi connectivity index (χ1) is 7.34. The zero-order valence-electron chi connectivity index (χ0n) is 9.15. The maximum Gasteiger partial charge on any atom is 0.0328 e. The lowest BCUT2D eigenvalue weighted by atomic mass is 10.0. The molecule has 3 atom stereocenters. The van der Waals surface area contributed by atoms with E-state index >= 15 is 0 Å². The Morgan fingerprint density at radius 2 is 2.13 bits per heavy atom. The maximum absolute atomic E-state index is 3.49. The van der Waals surface area contributed by atoms with Gasteiger partial charge in [-0.15, -0.1) is 0 Å². The van der Waals surface area contributed by atoms with Crippen molar-refractivity contribution in [1.82, 2.24) is 10.2 Å². The van der Waals surface area contributed by atoms with E-state index in [0.29, 0.717) is 6.04 Å². The Balaban J connectivity index is 1.69. The first-order valence-corrected chi connectivity index (χ1v) is 6.76. The molecule has 82 valence electrons. The Hall–Kier alpha value is -0.380. The van der Waals surface area contributed by atoms with Gasteiger partial charge in [-0.3, -0.25) is 4.90 Å². The fourth-order valence-corrected chi connectivity index (χ4v) is 3.68. The lowest BCUT2D eigenvalue weighted by Crippen LogP contribution is -2.28. The monoisotopic (exact) mass is 222 g/mol. The highest BCUT2D eigenvalue weighted by molar-refractivity contribution is 7.07. The molecular formula is C12H18N2S. The van der Waals surface area contributed by atoms with Crippen molar-refractivity contribution in [3.05, 3.63) is 22.4 Å². The summed E-state index contributed by atoms with van der Waals surface area (Å²) in [6, 6.07) is 2.88. The average Bonchev–Trinajstić information content (AvgIpc) is 2.92. The standard InChI is InChI=1S/C12H18N2S/c1-9(10-2-3-15-8-10)14-6-11-4-13-5-12(11)7-14/h2-3,8-9,11-13H,4-7H2,1H3/t9?,11-,12+. The highest BCUT2D eigenvalue weighted by Gasteiger charge is 2.37. The Kier molecular flexibility index (Phi) is 2.54. The van der Waals surface area contributed by atoms with Gasteiger partial charge in [-0.1, -0.05) is 0 Å². The van der Waals surface area contributed by atoms with E-state index < -0.39 is 0 Å². The summed E-state index contributed by atoms with van der Waals surface area (Å²) in [5, 5.41) is 7.97. The molecule has 0 spiro atoms. The second-order valence-electron chi connectivity index (χ2n) is 4.86. The zero-order valence-corrected chi connectivity index (χ0v) is 9.96. The van der Waals surface area contributed by atoms with Crippen molar-refractivity contribution in [1.29, 1.82) is 0 Å². The van der Waals surface area contributed by atoms with Crippen LogP contribution < -0.4 is 5.32 Å². The summed E-state index contributed by atoms with van der Waals surface area (Å²) in [6.07, 6.45) is 0. The highest BCUT2D eigenvalue weighted by Crippen LogP contribution is 2.33. The SMILES string of the molecule is CC(c1ccsc1)N1C[C@H]2CNC[C@H]2C1. The molecule has 2 aliphatic heterocycles. The van der Waals surface area contributed by atoms with Crippen molar-refractivity contribution >= 4 is 11.3 Å². The molecule has 0 saturated carbocycles. The van der Waals surface area contributed by atoms with E-state index in [-0.39, 0.29) is 0 Å². The van der Waals surface area contributed by atoms with Crippen LogP contribution in [0.1, 0.15) is 18.5 Å². The predicted octanol–water partition coefficient (Wildman–Crippen LogP) is 1.96. The number of hydrogen-bond acceptors (Lipinski definition) is 3. The smallest absolute Gasteiger partial charge is 0.0328 e. The van der Waals surface area contributed by atoms with Gasteiger partial charge >= 0.3 is 0 Å². The molecule has 0 aromatic carbocycles. The normalized spacial score (nSPS) is 33.1. The van der Waals surface area contributed by atoms with Crippen LogP contribution in [-0.2, 0) is 0 Å². The molecule has 1 aromatic heterocycles. The second kappa shape index (κ2) is 3.89. The molecule has 15 heavy (non-hydrogen) atoms. The largest absolute Gasteiger partial charge is 0.316 e. The molecule has 3 heterocycles. The van der Waals surface area contributed by atoms with Gasteiger partial charge in [0.15, 0.2) is 0 Å². The van der Waals surface area contributed by atoms with Crippen LogP contribution in [0.2, 0.25) is 0 Å². The molecule has 0 aliphatic carbocycles. The lowest BCUT2D eigenvalue weighted by Gasteiger charge is -2.24. The molecule has 3 heteroatoms. The topological polar surface area (TPSA) is 15.3 Å².